The second kappa shape index (κ2) is 11.1. The highest BCUT2D eigenvalue weighted by molar-refractivity contribution is 5.80. The van der Waals surface area contributed by atoms with Gasteiger partial charge in [-0.1, -0.05) is 45.4 Å². The molecular weight excluding hydrogens is 314 g/mol. The van der Waals surface area contributed by atoms with Crippen molar-refractivity contribution >= 4 is 5.96 Å². The summed E-state index contributed by atoms with van der Waals surface area (Å²) in [4.78, 5) is 6.75. The maximum atomic E-state index is 5.91. The third kappa shape index (κ3) is 6.69. The van der Waals surface area contributed by atoms with Crippen molar-refractivity contribution in [1.82, 2.24) is 20.0 Å². The number of aromatic nitrogens is 2. The lowest BCUT2D eigenvalue weighted by Gasteiger charge is -2.34. The Balaban J connectivity index is 1.69. The summed E-state index contributed by atoms with van der Waals surface area (Å²) in [6.45, 7) is 5.68. The highest BCUT2D eigenvalue weighted by atomic mass is 16.5. The molecule has 1 atom stereocenters. The smallest absolute Gasteiger partial charge is 0.193 e. The maximum Gasteiger partial charge on any atom is 0.193 e. The van der Waals surface area contributed by atoms with Gasteiger partial charge in [0, 0.05) is 38.9 Å². The van der Waals surface area contributed by atoms with Gasteiger partial charge in [0.1, 0.15) is 6.10 Å². The number of nitrogens with one attached hydrogen (secondary N) is 1. The predicted octanol–water partition coefficient (Wildman–Crippen LogP) is 3.12. The Labute approximate surface area is 152 Å². The van der Waals surface area contributed by atoms with Crippen molar-refractivity contribution in [3.8, 4) is 0 Å². The van der Waals surface area contributed by atoms with Gasteiger partial charge in [-0.3, -0.25) is 9.67 Å². The quantitative estimate of drug-likeness (QED) is 0.423. The number of nitrogens with zero attached hydrogens (tertiary/aromatic N) is 4. The Kier molecular flexibility index (Phi) is 8.80. The van der Waals surface area contributed by atoms with Crippen molar-refractivity contribution in [2.75, 3.05) is 33.3 Å². The summed E-state index contributed by atoms with van der Waals surface area (Å²) in [5.74, 6) is 0.989. The van der Waals surface area contributed by atoms with Gasteiger partial charge in [0.15, 0.2) is 5.96 Å². The molecule has 1 aliphatic rings. The molecule has 1 unspecified atom stereocenters. The van der Waals surface area contributed by atoms with Gasteiger partial charge in [-0.05, 0) is 6.42 Å². The van der Waals surface area contributed by atoms with E-state index in [4.69, 9.17) is 4.74 Å². The summed E-state index contributed by atoms with van der Waals surface area (Å²) < 4.78 is 7.74. The van der Waals surface area contributed by atoms with Gasteiger partial charge in [-0.2, -0.15) is 5.10 Å². The van der Waals surface area contributed by atoms with Gasteiger partial charge in [0.05, 0.1) is 19.3 Å². The number of unbranched alkanes of at least 4 members (excludes halogenated alkanes) is 6. The van der Waals surface area contributed by atoms with E-state index >= 15 is 0 Å². The summed E-state index contributed by atoms with van der Waals surface area (Å²) in [5.41, 5.74) is 1.13. The third-order valence-corrected chi connectivity index (χ3v) is 4.74. The fourth-order valence-corrected chi connectivity index (χ4v) is 3.26. The zero-order valence-corrected chi connectivity index (χ0v) is 16.2. The molecule has 1 saturated heterocycles. The molecule has 6 nitrogen and oxygen atoms in total. The van der Waals surface area contributed by atoms with Gasteiger partial charge in [-0.25, -0.2) is 0 Å². The van der Waals surface area contributed by atoms with Crippen LogP contribution in [-0.2, 0) is 11.8 Å². The molecule has 1 aromatic rings. The van der Waals surface area contributed by atoms with Crippen LogP contribution in [0.15, 0.2) is 17.4 Å². The monoisotopic (exact) mass is 349 g/mol. The van der Waals surface area contributed by atoms with Gasteiger partial charge in [-0.15, -0.1) is 0 Å². The molecular formula is C19H35N5O. The number of hydrogen-bond acceptors (Lipinski definition) is 3. The standard InChI is InChI=1S/C19H35N5O/c1-4-5-6-7-8-9-10-11-21-19(20-2)24-12-13-25-18(16-24)17-14-22-23(3)15-17/h14-15,18H,4-13,16H2,1-3H3,(H,20,21). The summed E-state index contributed by atoms with van der Waals surface area (Å²) in [5, 5.41) is 7.77. The lowest BCUT2D eigenvalue weighted by atomic mass is 10.1. The first kappa shape index (κ1) is 19.8. The normalized spacial score (nSPS) is 18.6. The van der Waals surface area contributed by atoms with Crippen LogP contribution in [0.3, 0.4) is 0 Å². The molecule has 0 bridgehead atoms. The minimum absolute atomic E-state index is 0.0690. The van der Waals surface area contributed by atoms with Crippen LogP contribution in [0.1, 0.15) is 63.5 Å². The Morgan fingerprint density at radius 1 is 1.28 bits per heavy atom. The second-order valence-electron chi connectivity index (χ2n) is 6.85. The van der Waals surface area contributed by atoms with Crippen LogP contribution in [-0.4, -0.2) is 53.9 Å². The molecule has 2 heterocycles. The van der Waals surface area contributed by atoms with E-state index in [0.717, 1.165) is 37.8 Å². The van der Waals surface area contributed by atoms with E-state index in [1.165, 1.54) is 44.9 Å². The average molecular weight is 350 g/mol. The fourth-order valence-electron chi connectivity index (χ4n) is 3.26. The summed E-state index contributed by atoms with van der Waals surface area (Å²) >= 11 is 0. The highest BCUT2D eigenvalue weighted by Crippen LogP contribution is 2.21. The van der Waals surface area contributed by atoms with Gasteiger partial charge >= 0.3 is 0 Å². The third-order valence-electron chi connectivity index (χ3n) is 4.74. The number of morpholine rings is 1. The second-order valence-corrected chi connectivity index (χ2v) is 6.85. The number of ether oxygens (including phenoxy) is 1. The van der Waals surface area contributed by atoms with Crippen LogP contribution in [0.5, 0.6) is 0 Å². The summed E-state index contributed by atoms with van der Waals surface area (Å²) in [7, 11) is 3.80. The molecule has 2 rings (SSSR count). The molecule has 25 heavy (non-hydrogen) atoms. The highest BCUT2D eigenvalue weighted by Gasteiger charge is 2.24. The van der Waals surface area contributed by atoms with Crippen LogP contribution in [0.2, 0.25) is 0 Å². The molecule has 0 amide bonds. The summed E-state index contributed by atoms with van der Waals surface area (Å²) in [6, 6.07) is 0. The first-order valence-corrected chi connectivity index (χ1v) is 9.80. The Bertz CT molecular complexity index is 514. The fraction of sp³-hybridized carbons (Fsp3) is 0.789. The molecule has 1 aliphatic heterocycles. The number of guanidine groups is 1. The SMILES string of the molecule is CCCCCCCCCNC(=NC)N1CCOC(c2cnn(C)c2)C1. The van der Waals surface area contributed by atoms with E-state index in [1.807, 2.05) is 31.2 Å². The molecule has 6 heteroatoms. The van der Waals surface area contributed by atoms with Crippen LogP contribution in [0, 0.1) is 0 Å². The van der Waals surface area contributed by atoms with E-state index in [9.17, 15) is 0 Å². The summed E-state index contributed by atoms with van der Waals surface area (Å²) in [6.07, 6.45) is 13.3. The van der Waals surface area contributed by atoms with Crippen molar-refractivity contribution in [2.24, 2.45) is 12.0 Å². The Morgan fingerprint density at radius 2 is 2.04 bits per heavy atom. The number of rotatable bonds is 9. The molecule has 1 fully saturated rings. The molecule has 1 N–H and O–H groups in total. The van der Waals surface area contributed by atoms with E-state index in [1.54, 1.807) is 0 Å². The molecule has 0 radical (unpaired) electrons. The first-order valence-electron chi connectivity index (χ1n) is 9.80. The van der Waals surface area contributed by atoms with Crippen molar-refractivity contribution in [1.29, 1.82) is 0 Å². The van der Waals surface area contributed by atoms with Crippen molar-refractivity contribution < 1.29 is 4.74 Å². The van der Waals surface area contributed by atoms with Gasteiger partial charge in [0.2, 0.25) is 0 Å². The number of aliphatic imine (C=N–C) groups is 1. The van der Waals surface area contributed by atoms with E-state index in [-0.39, 0.29) is 6.10 Å². The van der Waals surface area contributed by atoms with E-state index < -0.39 is 0 Å². The van der Waals surface area contributed by atoms with Gasteiger partial charge in [0.25, 0.3) is 0 Å². The maximum absolute atomic E-state index is 5.91. The van der Waals surface area contributed by atoms with Gasteiger partial charge < -0.3 is 15.0 Å². The van der Waals surface area contributed by atoms with Crippen molar-refractivity contribution in [2.45, 2.75) is 58.0 Å². The predicted molar refractivity (Wildman–Crippen MR) is 103 cm³/mol. The van der Waals surface area contributed by atoms with E-state index in [0.29, 0.717) is 0 Å². The molecule has 0 aliphatic carbocycles. The topological polar surface area (TPSA) is 54.7 Å². The van der Waals surface area contributed by atoms with Crippen molar-refractivity contribution in [3.63, 3.8) is 0 Å². The largest absolute Gasteiger partial charge is 0.370 e. The van der Waals surface area contributed by atoms with Crippen LogP contribution in [0.4, 0.5) is 0 Å². The van der Waals surface area contributed by atoms with E-state index in [2.05, 4.69) is 27.2 Å². The van der Waals surface area contributed by atoms with Crippen molar-refractivity contribution in [3.05, 3.63) is 18.0 Å². The zero-order chi connectivity index (χ0) is 17.9. The molecule has 1 aromatic heterocycles. The van der Waals surface area contributed by atoms with Crippen LogP contribution >= 0.6 is 0 Å². The lowest BCUT2D eigenvalue weighted by Crippen LogP contribution is -2.48. The Morgan fingerprint density at radius 3 is 2.72 bits per heavy atom. The average Bonchev–Trinajstić information content (AvgIpc) is 3.07. The number of aryl methyl sites for hydroxylation is 1. The first-order chi connectivity index (χ1) is 12.2. The number of hydrogen-bond donors (Lipinski definition) is 1. The molecule has 142 valence electrons. The lowest BCUT2D eigenvalue weighted by molar-refractivity contribution is -0.00802. The minimum atomic E-state index is 0.0690. The Hall–Kier alpha value is -1.56. The van der Waals surface area contributed by atoms with Crippen LogP contribution in [0.25, 0.3) is 0 Å². The minimum Gasteiger partial charge on any atom is -0.370 e. The molecule has 0 aromatic carbocycles. The van der Waals surface area contributed by atoms with Crippen LogP contribution < -0.4 is 5.32 Å². The zero-order valence-electron chi connectivity index (χ0n) is 16.2. The molecule has 0 saturated carbocycles. The molecule has 0 spiro atoms.